The van der Waals surface area contributed by atoms with Gasteiger partial charge in [0.1, 0.15) is 5.82 Å². The third-order valence-corrected chi connectivity index (χ3v) is 5.69. The molecule has 0 N–H and O–H groups in total. The molecule has 0 aromatic heterocycles. The third-order valence-electron chi connectivity index (χ3n) is 5.69. The van der Waals surface area contributed by atoms with Gasteiger partial charge in [0.2, 0.25) is 0 Å². The van der Waals surface area contributed by atoms with Gasteiger partial charge in [-0.25, -0.2) is 4.39 Å². The smallest absolute Gasteiger partial charge is 0.166 e. The van der Waals surface area contributed by atoms with Crippen molar-refractivity contribution >= 4 is 5.78 Å². The van der Waals surface area contributed by atoms with Crippen LogP contribution in [0, 0.1) is 18.7 Å². The number of hydrogen-bond acceptors (Lipinski definition) is 3. The molecule has 0 radical (unpaired) electrons. The molecule has 2 heterocycles. The van der Waals surface area contributed by atoms with Crippen LogP contribution in [-0.2, 0) is 11.3 Å². The number of benzene rings is 2. The molecule has 2 aliphatic heterocycles. The monoisotopic (exact) mass is 353 g/mol. The van der Waals surface area contributed by atoms with Crippen LogP contribution in [0.5, 0.6) is 0 Å². The molecule has 136 valence electrons. The number of hydrogen-bond donors (Lipinski definition) is 0. The molecule has 2 saturated heterocycles. The van der Waals surface area contributed by atoms with E-state index in [0.29, 0.717) is 24.3 Å². The molecular formula is C22H24FNO2. The highest BCUT2D eigenvalue weighted by atomic mass is 19.1. The van der Waals surface area contributed by atoms with Gasteiger partial charge in [-0.1, -0.05) is 30.3 Å². The first-order valence-corrected chi connectivity index (χ1v) is 9.29. The highest BCUT2D eigenvalue weighted by Crippen LogP contribution is 2.34. The number of ether oxygens (including phenoxy) is 1. The van der Waals surface area contributed by atoms with E-state index in [1.165, 1.54) is 11.6 Å². The van der Waals surface area contributed by atoms with Crippen molar-refractivity contribution < 1.29 is 13.9 Å². The minimum absolute atomic E-state index is 0.00853. The lowest BCUT2D eigenvalue weighted by Gasteiger charge is -2.48. The molecule has 2 unspecified atom stereocenters. The summed E-state index contributed by atoms with van der Waals surface area (Å²) in [5.41, 5.74) is 2.45. The number of halogens is 1. The van der Waals surface area contributed by atoms with Crippen LogP contribution in [0.4, 0.5) is 4.39 Å². The number of aryl methyl sites for hydroxylation is 1. The first-order chi connectivity index (χ1) is 12.6. The molecule has 2 atom stereocenters. The van der Waals surface area contributed by atoms with E-state index in [4.69, 9.17) is 4.74 Å². The molecule has 2 fully saturated rings. The van der Waals surface area contributed by atoms with E-state index >= 15 is 0 Å². The lowest BCUT2D eigenvalue weighted by Crippen LogP contribution is -2.57. The number of morpholine rings is 1. The van der Waals surface area contributed by atoms with Crippen LogP contribution < -0.4 is 0 Å². The molecule has 0 saturated carbocycles. The van der Waals surface area contributed by atoms with E-state index in [1.54, 1.807) is 19.1 Å². The predicted octanol–water partition coefficient (Wildman–Crippen LogP) is 4.00. The number of Topliss-reactive ketones (excluding diaryl/α,β-unsaturated/α-hetero) is 1. The van der Waals surface area contributed by atoms with Gasteiger partial charge in [0.15, 0.2) is 5.78 Å². The lowest BCUT2D eigenvalue weighted by molar-refractivity contribution is -0.0872. The van der Waals surface area contributed by atoms with Crippen LogP contribution in [0.2, 0.25) is 0 Å². The lowest BCUT2D eigenvalue weighted by atomic mass is 9.80. The molecule has 2 aromatic carbocycles. The van der Waals surface area contributed by atoms with E-state index in [0.717, 1.165) is 19.4 Å². The summed E-state index contributed by atoms with van der Waals surface area (Å²) in [6, 6.07) is 15.7. The Morgan fingerprint density at radius 3 is 2.46 bits per heavy atom. The Morgan fingerprint density at radius 1 is 1.12 bits per heavy atom. The van der Waals surface area contributed by atoms with Gasteiger partial charge in [-0.3, -0.25) is 9.69 Å². The fourth-order valence-electron chi connectivity index (χ4n) is 4.29. The molecule has 4 rings (SSSR count). The number of fused-ring (bicyclic) bond motifs is 2. The van der Waals surface area contributed by atoms with E-state index < -0.39 is 0 Å². The number of nitrogens with zero attached hydrogens (tertiary/aromatic N) is 1. The van der Waals surface area contributed by atoms with Gasteiger partial charge in [-0.05, 0) is 49.1 Å². The molecule has 2 aromatic rings. The molecule has 0 amide bonds. The zero-order chi connectivity index (χ0) is 18.1. The maximum atomic E-state index is 13.5. The second-order valence-electron chi connectivity index (χ2n) is 7.50. The van der Waals surface area contributed by atoms with Gasteiger partial charge in [0, 0.05) is 30.1 Å². The average molecular weight is 353 g/mol. The fourth-order valence-corrected chi connectivity index (χ4v) is 4.29. The predicted molar refractivity (Wildman–Crippen MR) is 98.6 cm³/mol. The third kappa shape index (κ3) is 3.44. The number of ketones is 1. The van der Waals surface area contributed by atoms with Crippen molar-refractivity contribution in [3.63, 3.8) is 0 Å². The second-order valence-corrected chi connectivity index (χ2v) is 7.50. The van der Waals surface area contributed by atoms with Crippen molar-refractivity contribution in [1.82, 2.24) is 4.90 Å². The Morgan fingerprint density at radius 2 is 1.81 bits per heavy atom. The number of piperidine rings is 1. The zero-order valence-corrected chi connectivity index (χ0v) is 15.0. The molecule has 2 bridgehead atoms. The summed E-state index contributed by atoms with van der Waals surface area (Å²) in [6.07, 6.45) is 1.61. The highest BCUT2D eigenvalue weighted by molar-refractivity contribution is 5.98. The van der Waals surface area contributed by atoms with Crippen LogP contribution in [0.25, 0.3) is 0 Å². The van der Waals surface area contributed by atoms with Gasteiger partial charge in [0.05, 0.1) is 13.2 Å². The summed E-state index contributed by atoms with van der Waals surface area (Å²) in [5.74, 6) is -0.125. The normalized spacial score (nSPS) is 25.8. The van der Waals surface area contributed by atoms with Crippen LogP contribution in [0.1, 0.15) is 34.3 Å². The van der Waals surface area contributed by atoms with Gasteiger partial charge in [-0.15, -0.1) is 0 Å². The maximum absolute atomic E-state index is 13.5. The van der Waals surface area contributed by atoms with Crippen LogP contribution in [-0.4, -0.2) is 36.0 Å². The van der Waals surface area contributed by atoms with E-state index in [9.17, 15) is 9.18 Å². The largest absolute Gasteiger partial charge is 0.378 e. The number of carbonyl (C=O) groups is 1. The number of carbonyl (C=O) groups excluding carboxylic acids is 1. The minimum atomic E-state index is -0.260. The van der Waals surface area contributed by atoms with Crippen molar-refractivity contribution in [2.75, 3.05) is 13.2 Å². The summed E-state index contributed by atoms with van der Waals surface area (Å²) in [5, 5.41) is 0. The quantitative estimate of drug-likeness (QED) is 0.778. The summed E-state index contributed by atoms with van der Waals surface area (Å²) in [6.45, 7) is 3.96. The Balaban J connectivity index is 1.50. The molecule has 0 aliphatic carbocycles. The summed E-state index contributed by atoms with van der Waals surface area (Å²) >= 11 is 0. The van der Waals surface area contributed by atoms with Crippen molar-refractivity contribution in [3.8, 4) is 0 Å². The molecule has 26 heavy (non-hydrogen) atoms. The molecule has 3 nitrogen and oxygen atoms in total. The standard InChI is InChI=1S/C22H24FNO2/c1-15-9-17(7-8-21(15)23)22(25)18-10-19-13-26-14-20(11-18)24(19)12-16-5-3-2-4-6-16/h2-9,18-20H,10-14H2,1H3. The van der Waals surface area contributed by atoms with Crippen LogP contribution >= 0.6 is 0 Å². The molecule has 2 aliphatic rings. The van der Waals surface area contributed by atoms with Gasteiger partial charge in [0.25, 0.3) is 0 Å². The van der Waals surface area contributed by atoms with Crippen molar-refractivity contribution in [2.45, 2.75) is 38.4 Å². The molecule has 4 heteroatoms. The van der Waals surface area contributed by atoms with Crippen molar-refractivity contribution in [1.29, 1.82) is 0 Å². The van der Waals surface area contributed by atoms with Crippen LogP contribution in [0.3, 0.4) is 0 Å². The van der Waals surface area contributed by atoms with Crippen molar-refractivity contribution in [2.24, 2.45) is 5.92 Å². The first kappa shape index (κ1) is 17.4. The van der Waals surface area contributed by atoms with E-state index in [1.807, 2.05) is 6.07 Å². The van der Waals surface area contributed by atoms with E-state index in [2.05, 4.69) is 29.2 Å². The topological polar surface area (TPSA) is 29.5 Å². The minimum Gasteiger partial charge on any atom is -0.378 e. The van der Waals surface area contributed by atoms with Gasteiger partial charge in [-0.2, -0.15) is 0 Å². The molecular weight excluding hydrogens is 329 g/mol. The summed E-state index contributed by atoms with van der Waals surface area (Å²) < 4.78 is 19.3. The Kier molecular flexibility index (Phi) is 4.88. The second kappa shape index (κ2) is 7.29. The van der Waals surface area contributed by atoms with E-state index in [-0.39, 0.29) is 29.6 Å². The first-order valence-electron chi connectivity index (χ1n) is 9.29. The average Bonchev–Trinajstić information content (AvgIpc) is 2.64. The van der Waals surface area contributed by atoms with Crippen molar-refractivity contribution in [3.05, 3.63) is 71.0 Å². The SMILES string of the molecule is Cc1cc(C(=O)C2CC3COCC(C2)N3Cc2ccccc2)ccc1F. The summed E-state index contributed by atoms with van der Waals surface area (Å²) in [7, 11) is 0. The zero-order valence-electron chi connectivity index (χ0n) is 15.0. The Bertz CT molecular complexity index is 778. The highest BCUT2D eigenvalue weighted by Gasteiger charge is 2.41. The fraction of sp³-hybridized carbons (Fsp3) is 0.409. The number of rotatable bonds is 4. The Hall–Kier alpha value is -2.04. The Labute approximate surface area is 153 Å². The van der Waals surface area contributed by atoms with Crippen LogP contribution in [0.15, 0.2) is 48.5 Å². The maximum Gasteiger partial charge on any atom is 0.166 e. The van der Waals surface area contributed by atoms with Gasteiger partial charge >= 0.3 is 0 Å². The molecule has 0 spiro atoms. The summed E-state index contributed by atoms with van der Waals surface area (Å²) in [4.78, 5) is 15.5. The van der Waals surface area contributed by atoms with Gasteiger partial charge < -0.3 is 4.74 Å².